The van der Waals surface area contributed by atoms with Crippen LogP contribution in [0, 0.1) is 18.8 Å². The van der Waals surface area contributed by atoms with Crippen molar-refractivity contribution in [1.29, 1.82) is 0 Å². The van der Waals surface area contributed by atoms with Gasteiger partial charge < -0.3 is 10.6 Å². The molecule has 1 aliphatic rings. The fourth-order valence-electron chi connectivity index (χ4n) is 3.53. The van der Waals surface area contributed by atoms with Crippen LogP contribution in [-0.4, -0.2) is 11.8 Å². The van der Waals surface area contributed by atoms with Gasteiger partial charge in [0.05, 0.1) is 11.8 Å². The summed E-state index contributed by atoms with van der Waals surface area (Å²) < 4.78 is 0. The van der Waals surface area contributed by atoms with E-state index in [1.165, 1.54) is 0 Å². The molecule has 1 aliphatic carbocycles. The molecular weight excluding hydrogens is 336 g/mol. The molecule has 2 aromatic carbocycles. The van der Waals surface area contributed by atoms with Crippen LogP contribution in [0.2, 0.25) is 0 Å². The Hall–Kier alpha value is -2.62. The summed E-state index contributed by atoms with van der Waals surface area (Å²) in [6.07, 6.45) is 1.46. The lowest BCUT2D eigenvalue weighted by atomic mass is 10.0. The maximum absolute atomic E-state index is 12.6. The van der Waals surface area contributed by atoms with Crippen molar-refractivity contribution in [2.45, 2.75) is 46.5 Å². The van der Waals surface area contributed by atoms with Gasteiger partial charge in [-0.15, -0.1) is 0 Å². The smallest absolute Gasteiger partial charge is 0.228 e. The molecule has 2 amide bonds. The highest BCUT2D eigenvalue weighted by atomic mass is 16.2. The van der Waals surface area contributed by atoms with Gasteiger partial charge in [0.1, 0.15) is 0 Å². The molecular formula is C23H28N2O2. The summed E-state index contributed by atoms with van der Waals surface area (Å²) in [7, 11) is 0. The number of aryl methyl sites for hydroxylation is 2. The number of carbonyl (C=O) groups is 2. The molecule has 4 nitrogen and oxygen atoms in total. The van der Waals surface area contributed by atoms with Crippen LogP contribution in [0.25, 0.3) is 0 Å². The van der Waals surface area contributed by atoms with Gasteiger partial charge in [0.15, 0.2) is 0 Å². The van der Waals surface area contributed by atoms with Crippen LogP contribution in [-0.2, 0) is 16.0 Å². The summed E-state index contributed by atoms with van der Waals surface area (Å²) >= 11 is 0. The lowest BCUT2D eigenvalue weighted by molar-refractivity contribution is -0.122. The Morgan fingerprint density at radius 2 is 1.67 bits per heavy atom. The van der Waals surface area contributed by atoms with Gasteiger partial charge in [-0.25, -0.2) is 0 Å². The van der Waals surface area contributed by atoms with Crippen molar-refractivity contribution in [3.8, 4) is 0 Å². The first kappa shape index (κ1) is 19.2. The van der Waals surface area contributed by atoms with Crippen molar-refractivity contribution in [2.24, 2.45) is 11.8 Å². The first-order chi connectivity index (χ1) is 12.9. The van der Waals surface area contributed by atoms with Gasteiger partial charge in [-0.3, -0.25) is 9.59 Å². The molecule has 4 heteroatoms. The molecule has 0 aromatic heterocycles. The molecule has 1 fully saturated rings. The van der Waals surface area contributed by atoms with Crippen molar-refractivity contribution in [3.05, 3.63) is 59.2 Å². The third kappa shape index (κ3) is 4.21. The number of nitrogens with one attached hydrogen (secondary N) is 2. The molecule has 1 saturated carbocycles. The second kappa shape index (κ2) is 7.95. The molecule has 0 bridgehead atoms. The molecule has 0 radical (unpaired) electrons. The van der Waals surface area contributed by atoms with E-state index in [1.54, 1.807) is 0 Å². The first-order valence-corrected chi connectivity index (χ1v) is 9.71. The van der Waals surface area contributed by atoms with Crippen LogP contribution < -0.4 is 10.6 Å². The molecule has 3 rings (SSSR count). The molecule has 2 unspecified atom stereocenters. The summed E-state index contributed by atoms with van der Waals surface area (Å²) in [6, 6.07) is 13.9. The van der Waals surface area contributed by atoms with E-state index in [-0.39, 0.29) is 23.7 Å². The summed E-state index contributed by atoms with van der Waals surface area (Å²) in [4.78, 5) is 25.3. The third-order valence-electron chi connectivity index (χ3n) is 5.29. The highest BCUT2D eigenvalue weighted by Crippen LogP contribution is 2.41. The monoisotopic (exact) mass is 364 g/mol. The standard InChI is InChI=1S/C23H28N2O2/c1-5-16-10-8-9-15(4)21(16)25-23(27)19-13-18(19)22(26)24-20-12-7-6-11-17(20)14(2)3/h6-12,14,18-19H,5,13H2,1-4H3,(H,24,26)(H,25,27). The number of benzene rings is 2. The Morgan fingerprint density at radius 3 is 2.33 bits per heavy atom. The molecule has 2 atom stereocenters. The normalized spacial score (nSPS) is 18.3. The Bertz CT molecular complexity index is 857. The Kier molecular flexibility index (Phi) is 5.64. The van der Waals surface area contributed by atoms with Crippen LogP contribution in [0.5, 0.6) is 0 Å². The number of carbonyl (C=O) groups excluding carboxylic acids is 2. The van der Waals surface area contributed by atoms with Gasteiger partial charge in [-0.05, 0) is 48.4 Å². The van der Waals surface area contributed by atoms with Gasteiger partial charge in [-0.2, -0.15) is 0 Å². The van der Waals surface area contributed by atoms with E-state index in [2.05, 4.69) is 31.4 Å². The second-order valence-electron chi connectivity index (χ2n) is 7.63. The average molecular weight is 364 g/mol. The number of hydrogen-bond acceptors (Lipinski definition) is 2. The zero-order valence-electron chi connectivity index (χ0n) is 16.5. The summed E-state index contributed by atoms with van der Waals surface area (Å²) in [5.74, 6) is -0.298. The quantitative estimate of drug-likeness (QED) is 0.766. The zero-order valence-corrected chi connectivity index (χ0v) is 16.5. The largest absolute Gasteiger partial charge is 0.326 e. The predicted octanol–water partition coefficient (Wildman–Crippen LogP) is 4.89. The van der Waals surface area contributed by atoms with E-state index < -0.39 is 0 Å². The van der Waals surface area contributed by atoms with Gasteiger partial charge >= 0.3 is 0 Å². The summed E-state index contributed by atoms with van der Waals surface area (Å²) in [5, 5.41) is 6.07. The molecule has 2 N–H and O–H groups in total. The number of anilines is 2. The van der Waals surface area contributed by atoms with Crippen LogP contribution in [0.4, 0.5) is 11.4 Å². The first-order valence-electron chi connectivity index (χ1n) is 9.71. The topological polar surface area (TPSA) is 58.2 Å². The van der Waals surface area contributed by atoms with Crippen molar-refractivity contribution in [3.63, 3.8) is 0 Å². The minimum Gasteiger partial charge on any atom is -0.326 e. The highest BCUT2D eigenvalue weighted by Gasteiger charge is 2.48. The van der Waals surface area contributed by atoms with E-state index in [0.717, 1.165) is 34.5 Å². The molecule has 0 aliphatic heterocycles. The van der Waals surface area contributed by atoms with E-state index in [1.807, 2.05) is 49.4 Å². The third-order valence-corrected chi connectivity index (χ3v) is 5.29. The van der Waals surface area contributed by atoms with Crippen LogP contribution in [0.15, 0.2) is 42.5 Å². The van der Waals surface area contributed by atoms with Gasteiger partial charge in [0, 0.05) is 11.4 Å². The summed E-state index contributed by atoms with van der Waals surface area (Å²) in [5.41, 5.74) is 5.02. The molecule has 0 spiro atoms. The minimum absolute atomic E-state index is 0.0590. The fourth-order valence-corrected chi connectivity index (χ4v) is 3.53. The van der Waals surface area contributed by atoms with E-state index in [4.69, 9.17) is 0 Å². The van der Waals surface area contributed by atoms with Crippen LogP contribution >= 0.6 is 0 Å². The lowest BCUT2D eigenvalue weighted by Gasteiger charge is -2.14. The predicted molar refractivity (Wildman–Crippen MR) is 110 cm³/mol. The van der Waals surface area contributed by atoms with Crippen molar-refractivity contribution < 1.29 is 9.59 Å². The van der Waals surface area contributed by atoms with E-state index >= 15 is 0 Å². The average Bonchev–Trinajstić information content (AvgIpc) is 3.44. The maximum atomic E-state index is 12.6. The Labute approximate surface area is 161 Å². The van der Waals surface area contributed by atoms with Gasteiger partial charge in [-0.1, -0.05) is 57.2 Å². The molecule has 2 aromatic rings. The van der Waals surface area contributed by atoms with Crippen molar-refractivity contribution >= 4 is 23.2 Å². The zero-order chi connectivity index (χ0) is 19.6. The summed E-state index contributed by atoms with van der Waals surface area (Å²) in [6.45, 7) is 8.27. The van der Waals surface area contributed by atoms with Crippen molar-refractivity contribution in [1.82, 2.24) is 0 Å². The van der Waals surface area contributed by atoms with E-state index in [9.17, 15) is 9.59 Å². The minimum atomic E-state index is -0.251. The van der Waals surface area contributed by atoms with E-state index in [0.29, 0.717) is 12.3 Å². The number of rotatable bonds is 6. The van der Waals surface area contributed by atoms with Gasteiger partial charge in [0.2, 0.25) is 11.8 Å². The molecule has 0 saturated heterocycles. The SMILES string of the molecule is CCc1cccc(C)c1NC(=O)C1CC1C(=O)Nc1ccccc1C(C)C. The maximum Gasteiger partial charge on any atom is 0.228 e. The number of hydrogen-bond donors (Lipinski definition) is 2. The molecule has 142 valence electrons. The number of amides is 2. The highest BCUT2D eigenvalue weighted by molar-refractivity contribution is 6.04. The van der Waals surface area contributed by atoms with Crippen molar-refractivity contribution in [2.75, 3.05) is 10.6 Å². The van der Waals surface area contributed by atoms with Gasteiger partial charge in [0.25, 0.3) is 0 Å². The van der Waals surface area contributed by atoms with Crippen LogP contribution in [0.1, 0.15) is 49.8 Å². The Balaban J connectivity index is 1.64. The number of para-hydroxylation sites is 2. The van der Waals surface area contributed by atoms with Crippen LogP contribution in [0.3, 0.4) is 0 Å². The molecule has 0 heterocycles. The molecule has 27 heavy (non-hydrogen) atoms. The Morgan fingerprint density at radius 1 is 1.00 bits per heavy atom. The fraction of sp³-hybridized carbons (Fsp3) is 0.391. The lowest BCUT2D eigenvalue weighted by Crippen LogP contribution is -2.22. The second-order valence-corrected chi connectivity index (χ2v) is 7.63.